The van der Waals surface area contributed by atoms with Gasteiger partial charge in [-0.1, -0.05) is 103 Å². The van der Waals surface area contributed by atoms with E-state index in [9.17, 15) is 9.59 Å². The standard InChI is InChI=1S/C39H26N2O2/c1-25-10-5-6-13-30(25)28-20-23-32-31-14-7-8-16-34(31)41(36(32)24-28)35-17-9-15-33-37(35)39(43)40(38(33)42)29-21-18-27(19-22-29)26-11-3-2-4-12-26/h2-24H,1H3. The van der Waals surface area contributed by atoms with E-state index >= 15 is 0 Å². The zero-order chi connectivity index (χ0) is 29.1. The van der Waals surface area contributed by atoms with E-state index in [0.717, 1.165) is 44.1 Å². The van der Waals surface area contributed by atoms with Crippen molar-refractivity contribution in [2.75, 3.05) is 4.90 Å². The highest BCUT2D eigenvalue weighted by Gasteiger charge is 2.39. The van der Waals surface area contributed by atoms with Gasteiger partial charge in [-0.3, -0.25) is 9.59 Å². The summed E-state index contributed by atoms with van der Waals surface area (Å²) in [5, 5.41) is 2.19. The molecular formula is C39H26N2O2. The number of aromatic nitrogens is 1. The highest BCUT2D eigenvalue weighted by Crippen LogP contribution is 2.39. The number of para-hydroxylation sites is 1. The smallest absolute Gasteiger partial charge is 0.268 e. The lowest BCUT2D eigenvalue weighted by molar-refractivity contribution is 0.0926. The van der Waals surface area contributed by atoms with Gasteiger partial charge in [0.05, 0.1) is 33.5 Å². The van der Waals surface area contributed by atoms with Crippen molar-refractivity contribution in [1.82, 2.24) is 4.57 Å². The number of rotatable bonds is 4. The van der Waals surface area contributed by atoms with Gasteiger partial charge in [-0.05, 0) is 71.1 Å². The molecule has 1 aliphatic heterocycles. The molecular weight excluding hydrogens is 528 g/mol. The van der Waals surface area contributed by atoms with Gasteiger partial charge in [0.15, 0.2) is 0 Å². The quantitative estimate of drug-likeness (QED) is 0.204. The number of hydrogen-bond acceptors (Lipinski definition) is 2. The number of benzene rings is 6. The molecule has 0 saturated heterocycles. The predicted molar refractivity (Wildman–Crippen MR) is 174 cm³/mol. The Hall–Kier alpha value is -5.74. The summed E-state index contributed by atoms with van der Waals surface area (Å²) in [6, 6.07) is 46.3. The zero-order valence-electron chi connectivity index (χ0n) is 23.5. The number of anilines is 1. The molecule has 0 aliphatic carbocycles. The largest absolute Gasteiger partial charge is 0.308 e. The summed E-state index contributed by atoms with van der Waals surface area (Å²) in [7, 11) is 0. The number of nitrogens with zero attached hydrogens (tertiary/aromatic N) is 2. The Balaban J connectivity index is 1.29. The molecule has 0 atom stereocenters. The minimum atomic E-state index is -0.316. The summed E-state index contributed by atoms with van der Waals surface area (Å²) in [5.74, 6) is -0.625. The number of hydrogen-bond donors (Lipinski definition) is 0. The van der Waals surface area contributed by atoms with Crippen molar-refractivity contribution in [1.29, 1.82) is 0 Å². The van der Waals surface area contributed by atoms with Gasteiger partial charge in [-0.2, -0.15) is 0 Å². The third-order valence-electron chi connectivity index (χ3n) is 8.50. The lowest BCUT2D eigenvalue weighted by Gasteiger charge is -2.15. The van der Waals surface area contributed by atoms with Crippen molar-refractivity contribution in [2.24, 2.45) is 0 Å². The first-order chi connectivity index (χ1) is 21.1. The van der Waals surface area contributed by atoms with E-state index in [1.807, 2.05) is 84.9 Å². The fourth-order valence-electron chi connectivity index (χ4n) is 6.42. The lowest BCUT2D eigenvalue weighted by atomic mass is 9.99. The van der Waals surface area contributed by atoms with Gasteiger partial charge in [0.25, 0.3) is 11.8 Å². The molecule has 0 saturated carbocycles. The average molecular weight is 555 g/mol. The van der Waals surface area contributed by atoms with Crippen molar-refractivity contribution >= 4 is 39.3 Å². The van der Waals surface area contributed by atoms with Crippen LogP contribution in [0.2, 0.25) is 0 Å². The summed E-state index contributed by atoms with van der Waals surface area (Å²) in [4.78, 5) is 29.3. The van der Waals surface area contributed by atoms with Gasteiger partial charge in [0.2, 0.25) is 0 Å². The molecule has 4 nitrogen and oxygen atoms in total. The molecule has 4 heteroatoms. The van der Waals surface area contributed by atoms with Crippen LogP contribution in [0.1, 0.15) is 26.3 Å². The Labute approximate surface area is 249 Å². The van der Waals surface area contributed by atoms with Crippen molar-refractivity contribution in [3.05, 3.63) is 156 Å². The normalized spacial score (nSPS) is 12.8. The van der Waals surface area contributed by atoms with Gasteiger partial charge in [0.1, 0.15) is 0 Å². The highest BCUT2D eigenvalue weighted by atomic mass is 16.2. The molecule has 2 heterocycles. The number of fused-ring (bicyclic) bond motifs is 4. The van der Waals surface area contributed by atoms with Crippen molar-refractivity contribution in [3.63, 3.8) is 0 Å². The van der Waals surface area contributed by atoms with Crippen LogP contribution in [0.3, 0.4) is 0 Å². The molecule has 1 aliphatic rings. The summed E-state index contributed by atoms with van der Waals surface area (Å²) in [5.41, 5.74) is 9.62. The summed E-state index contributed by atoms with van der Waals surface area (Å²) in [6.07, 6.45) is 0. The summed E-state index contributed by atoms with van der Waals surface area (Å²) >= 11 is 0. The van der Waals surface area contributed by atoms with Crippen LogP contribution >= 0.6 is 0 Å². The van der Waals surface area contributed by atoms with Crippen molar-refractivity contribution in [3.8, 4) is 27.9 Å². The van der Waals surface area contributed by atoms with E-state index in [0.29, 0.717) is 22.5 Å². The maximum Gasteiger partial charge on any atom is 0.268 e. The number of imide groups is 1. The maximum absolute atomic E-state index is 14.2. The zero-order valence-corrected chi connectivity index (χ0v) is 23.5. The molecule has 1 aromatic heterocycles. The van der Waals surface area contributed by atoms with Crippen molar-refractivity contribution in [2.45, 2.75) is 6.92 Å². The SMILES string of the molecule is Cc1ccccc1-c1ccc2c3ccccc3n(-c3cccc4c3C(=O)N(c3ccc(-c5ccccc5)cc3)C4=O)c2c1. The van der Waals surface area contributed by atoms with Crippen LogP contribution < -0.4 is 4.90 Å². The van der Waals surface area contributed by atoms with E-state index < -0.39 is 0 Å². The highest BCUT2D eigenvalue weighted by molar-refractivity contribution is 6.35. The predicted octanol–water partition coefficient (Wildman–Crippen LogP) is 9.23. The van der Waals surface area contributed by atoms with Gasteiger partial charge in [-0.15, -0.1) is 0 Å². The monoisotopic (exact) mass is 554 g/mol. The number of carbonyl (C=O) groups is 2. The minimum Gasteiger partial charge on any atom is -0.308 e. The Bertz CT molecular complexity index is 2230. The molecule has 0 radical (unpaired) electrons. The Morgan fingerprint density at radius 2 is 1.14 bits per heavy atom. The van der Waals surface area contributed by atoms with Crippen LogP contribution in [0, 0.1) is 6.92 Å². The van der Waals surface area contributed by atoms with Gasteiger partial charge in [-0.25, -0.2) is 4.90 Å². The Kier molecular flexibility index (Phi) is 5.63. The van der Waals surface area contributed by atoms with Crippen LogP contribution in [0.25, 0.3) is 49.7 Å². The van der Waals surface area contributed by atoms with E-state index in [2.05, 4.69) is 60.0 Å². The third kappa shape index (κ3) is 3.84. The second kappa shape index (κ2) is 9.68. The van der Waals surface area contributed by atoms with Crippen LogP contribution in [-0.4, -0.2) is 16.4 Å². The van der Waals surface area contributed by atoms with Crippen molar-refractivity contribution < 1.29 is 9.59 Å². The van der Waals surface area contributed by atoms with Crippen LogP contribution in [-0.2, 0) is 0 Å². The lowest BCUT2D eigenvalue weighted by Crippen LogP contribution is -2.29. The van der Waals surface area contributed by atoms with Gasteiger partial charge in [0, 0.05) is 10.8 Å². The maximum atomic E-state index is 14.2. The van der Waals surface area contributed by atoms with Gasteiger partial charge < -0.3 is 4.57 Å². The number of amides is 2. The Morgan fingerprint density at radius 1 is 0.488 bits per heavy atom. The average Bonchev–Trinajstić information content (AvgIpc) is 3.52. The fourth-order valence-corrected chi connectivity index (χ4v) is 6.42. The summed E-state index contributed by atoms with van der Waals surface area (Å²) < 4.78 is 2.14. The number of carbonyl (C=O) groups excluding carboxylic acids is 2. The second-order valence-corrected chi connectivity index (χ2v) is 11.0. The molecule has 204 valence electrons. The molecule has 8 rings (SSSR count). The van der Waals surface area contributed by atoms with Crippen LogP contribution in [0.5, 0.6) is 0 Å². The molecule has 0 bridgehead atoms. The molecule has 43 heavy (non-hydrogen) atoms. The molecule has 7 aromatic rings. The minimum absolute atomic E-state index is 0.310. The third-order valence-corrected chi connectivity index (χ3v) is 8.50. The Morgan fingerprint density at radius 3 is 1.95 bits per heavy atom. The first-order valence-corrected chi connectivity index (χ1v) is 14.4. The van der Waals surface area contributed by atoms with Crippen LogP contribution in [0.4, 0.5) is 5.69 Å². The molecule has 0 spiro atoms. The van der Waals surface area contributed by atoms with Gasteiger partial charge >= 0.3 is 0 Å². The van der Waals surface area contributed by atoms with E-state index in [1.165, 1.54) is 10.5 Å². The van der Waals surface area contributed by atoms with E-state index in [1.54, 1.807) is 6.07 Å². The van der Waals surface area contributed by atoms with E-state index in [4.69, 9.17) is 0 Å². The first-order valence-electron chi connectivity index (χ1n) is 14.4. The van der Waals surface area contributed by atoms with E-state index in [-0.39, 0.29) is 11.8 Å². The number of aryl methyl sites for hydroxylation is 1. The molecule has 0 unspecified atom stereocenters. The first kappa shape index (κ1) is 25.0. The molecule has 6 aromatic carbocycles. The fraction of sp³-hybridized carbons (Fsp3) is 0.0256. The molecule has 0 fully saturated rings. The topological polar surface area (TPSA) is 42.3 Å². The molecule has 0 N–H and O–H groups in total. The molecule has 2 amide bonds. The second-order valence-electron chi connectivity index (χ2n) is 11.0. The van der Waals surface area contributed by atoms with Crippen LogP contribution in [0.15, 0.2) is 140 Å². The summed E-state index contributed by atoms with van der Waals surface area (Å²) in [6.45, 7) is 2.12.